The summed E-state index contributed by atoms with van der Waals surface area (Å²) < 4.78 is 6.23. The lowest BCUT2D eigenvalue weighted by Gasteiger charge is -2.33. The number of Topliss-reactive ketones (excluding diaryl/α,β-unsaturated/α-hetero) is 1. The van der Waals surface area contributed by atoms with Gasteiger partial charge in [-0.1, -0.05) is 0 Å². The van der Waals surface area contributed by atoms with Gasteiger partial charge >= 0.3 is 5.97 Å². The molecule has 1 atom stereocenters. The summed E-state index contributed by atoms with van der Waals surface area (Å²) in [5, 5.41) is 3.28. The quantitative estimate of drug-likeness (QED) is 0.784. The highest BCUT2D eigenvalue weighted by Gasteiger charge is 2.39. The zero-order chi connectivity index (χ0) is 16.6. The molecule has 2 heterocycles. The molecule has 23 heavy (non-hydrogen) atoms. The number of rotatable bonds is 3. The molecule has 1 aromatic rings. The monoisotopic (exact) mass is 395 g/mol. The van der Waals surface area contributed by atoms with Crippen LogP contribution in [0.15, 0.2) is 38.5 Å². The lowest BCUT2D eigenvalue weighted by atomic mass is 9.78. The molecule has 0 bridgehead atoms. The van der Waals surface area contributed by atoms with E-state index >= 15 is 0 Å². The molecule has 0 saturated carbocycles. The molecule has 1 aromatic heterocycles. The Morgan fingerprint density at radius 2 is 2.22 bits per heavy atom. The van der Waals surface area contributed by atoms with Crippen molar-refractivity contribution in [1.82, 2.24) is 5.32 Å². The first-order valence-electron chi connectivity index (χ1n) is 7.69. The maximum Gasteiger partial charge on any atom is 0.336 e. The fraction of sp³-hybridized carbons (Fsp3) is 0.412. The van der Waals surface area contributed by atoms with E-state index in [9.17, 15) is 9.59 Å². The normalized spacial score (nSPS) is 21.2. The summed E-state index contributed by atoms with van der Waals surface area (Å²) in [6, 6.07) is 3.93. The topological polar surface area (TPSA) is 55.4 Å². The van der Waals surface area contributed by atoms with Gasteiger partial charge in [0.25, 0.3) is 0 Å². The zero-order valence-electron chi connectivity index (χ0n) is 13.1. The van der Waals surface area contributed by atoms with Crippen molar-refractivity contribution < 1.29 is 14.3 Å². The number of thiophene rings is 1. The molecule has 122 valence electrons. The number of nitrogens with one attached hydrogen (secondary N) is 1. The molecule has 1 aliphatic carbocycles. The summed E-state index contributed by atoms with van der Waals surface area (Å²) in [4.78, 5) is 26.1. The van der Waals surface area contributed by atoms with E-state index in [0.29, 0.717) is 18.6 Å². The van der Waals surface area contributed by atoms with Crippen molar-refractivity contribution in [3.05, 3.63) is 43.3 Å². The number of ether oxygens (including phenoxy) is 1. The second-order valence-electron chi connectivity index (χ2n) is 5.63. The summed E-state index contributed by atoms with van der Waals surface area (Å²) in [5.41, 5.74) is 3.03. The number of allylic oxidation sites excluding steroid dienone is 3. The van der Waals surface area contributed by atoms with Gasteiger partial charge < -0.3 is 10.1 Å². The first kappa shape index (κ1) is 16.5. The minimum atomic E-state index is -0.350. The van der Waals surface area contributed by atoms with Gasteiger partial charge in [0.2, 0.25) is 0 Å². The molecule has 6 heteroatoms. The van der Waals surface area contributed by atoms with Crippen LogP contribution in [-0.4, -0.2) is 18.4 Å². The van der Waals surface area contributed by atoms with Crippen LogP contribution in [0.5, 0.6) is 0 Å². The minimum Gasteiger partial charge on any atom is -0.463 e. The number of dihydropyridines is 1. The van der Waals surface area contributed by atoms with Crippen molar-refractivity contribution in [2.75, 3.05) is 6.61 Å². The van der Waals surface area contributed by atoms with Crippen molar-refractivity contribution >= 4 is 39.0 Å². The standard InChI is InChI=1S/C17H18BrNO3S/c1-3-22-17(21)14-9(2)19-10-5-4-6-11(20)15(10)16(14)12-7-8-13(18)23-12/h7-8,16,19H,3-6H2,1-2H3/t16-/m0/s1. The van der Waals surface area contributed by atoms with E-state index in [0.717, 1.165) is 38.5 Å². The summed E-state index contributed by atoms with van der Waals surface area (Å²) in [6.07, 6.45) is 2.24. The van der Waals surface area contributed by atoms with Crippen LogP contribution in [0.1, 0.15) is 43.9 Å². The first-order chi connectivity index (χ1) is 11.0. The largest absolute Gasteiger partial charge is 0.463 e. The number of esters is 1. The van der Waals surface area contributed by atoms with Gasteiger partial charge in [-0.3, -0.25) is 4.79 Å². The van der Waals surface area contributed by atoms with Crippen LogP contribution in [0.3, 0.4) is 0 Å². The third kappa shape index (κ3) is 3.02. The van der Waals surface area contributed by atoms with E-state index < -0.39 is 0 Å². The van der Waals surface area contributed by atoms with Crippen LogP contribution in [0, 0.1) is 0 Å². The maximum absolute atomic E-state index is 12.6. The molecular weight excluding hydrogens is 378 g/mol. The van der Waals surface area contributed by atoms with Gasteiger partial charge in [-0.2, -0.15) is 0 Å². The van der Waals surface area contributed by atoms with E-state index in [-0.39, 0.29) is 17.7 Å². The van der Waals surface area contributed by atoms with Crippen LogP contribution in [0.25, 0.3) is 0 Å². The highest BCUT2D eigenvalue weighted by atomic mass is 79.9. The van der Waals surface area contributed by atoms with Crippen LogP contribution >= 0.6 is 27.3 Å². The second kappa shape index (κ2) is 6.61. The Labute approximate surface area is 147 Å². The molecule has 0 aromatic carbocycles. The van der Waals surface area contributed by atoms with E-state index in [1.165, 1.54) is 0 Å². The van der Waals surface area contributed by atoms with Crippen LogP contribution < -0.4 is 5.32 Å². The average molecular weight is 396 g/mol. The van der Waals surface area contributed by atoms with Crippen molar-refractivity contribution in [3.63, 3.8) is 0 Å². The Hall–Kier alpha value is -1.40. The Morgan fingerprint density at radius 1 is 1.43 bits per heavy atom. The lowest BCUT2D eigenvalue weighted by Crippen LogP contribution is -2.34. The fourth-order valence-electron chi connectivity index (χ4n) is 3.23. The molecular formula is C17H18BrNO3S. The molecule has 1 aliphatic heterocycles. The maximum atomic E-state index is 12.6. The second-order valence-corrected chi connectivity index (χ2v) is 8.12. The molecule has 2 aliphatic rings. The molecule has 0 fully saturated rings. The molecule has 0 amide bonds. The summed E-state index contributed by atoms with van der Waals surface area (Å²) in [7, 11) is 0. The van der Waals surface area contributed by atoms with Gasteiger partial charge in [0.15, 0.2) is 5.78 Å². The third-order valence-corrected chi connectivity index (χ3v) is 5.84. The Bertz CT molecular complexity index is 732. The first-order valence-corrected chi connectivity index (χ1v) is 9.30. The molecule has 0 radical (unpaired) electrons. The minimum absolute atomic E-state index is 0.127. The molecule has 0 unspecified atom stereocenters. The number of halogens is 1. The van der Waals surface area contributed by atoms with Gasteiger partial charge in [0.1, 0.15) is 0 Å². The summed E-state index contributed by atoms with van der Waals surface area (Å²) in [6.45, 7) is 3.98. The molecule has 4 nitrogen and oxygen atoms in total. The van der Waals surface area contributed by atoms with Gasteiger partial charge in [0.05, 0.1) is 21.9 Å². The van der Waals surface area contributed by atoms with Crippen molar-refractivity contribution in [2.24, 2.45) is 0 Å². The van der Waals surface area contributed by atoms with E-state index in [1.54, 1.807) is 18.3 Å². The van der Waals surface area contributed by atoms with E-state index in [4.69, 9.17) is 4.74 Å². The number of hydrogen-bond acceptors (Lipinski definition) is 5. The molecule has 0 saturated heterocycles. The smallest absolute Gasteiger partial charge is 0.336 e. The number of ketones is 1. The van der Waals surface area contributed by atoms with Crippen molar-refractivity contribution in [2.45, 2.75) is 39.0 Å². The predicted molar refractivity (Wildman–Crippen MR) is 93.1 cm³/mol. The average Bonchev–Trinajstić information content (AvgIpc) is 2.92. The summed E-state index contributed by atoms with van der Waals surface area (Å²) in [5.74, 6) is -0.547. The van der Waals surface area contributed by atoms with E-state index in [2.05, 4.69) is 21.2 Å². The number of carbonyl (C=O) groups excluding carboxylic acids is 2. The SMILES string of the molecule is CCOC(=O)C1=C(C)NC2=C(C(=O)CCC2)[C@H]1c1ccc(Br)s1. The number of carbonyl (C=O) groups is 2. The number of hydrogen-bond donors (Lipinski definition) is 1. The van der Waals surface area contributed by atoms with Crippen LogP contribution in [-0.2, 0) is 14.3 Å². The molecule has 3 rings (SSSR count). The van der Waals surface area contributed by atoms with Gasteiger partial charge in [-0.15, -0.1) is 11.3 Å². The van der Waals surface area contributed by atoms with Crippen LogP contribution in [0.2, 0.25) is 0 Å². The van der Waals surface area contributed by atoms with Crippen molar-refractivity contribution in [1.29, 1.82) is 0 Å². The van der Waals surface area contributed by atoms with Gasteiger partial charge in [0, 0.05) is 28.3 Å². The molecule has 1 N–H and O–H groups in total. The zero-order valence-corrected chi connectivity index (χ0v) is 15.5. The van der Waals surface area contributed by atoms with Crippen molar-refractivity contribution in [3.8, 4) is 0 Å². The van der Waals surface area contributed by atoms with Gasteiger partial charge in [-0.05, 0) is 54.8 Å². The third-order valence-electron chi connectivity index (χ3n) is 4.15. The lowest BCUT2D eigenvalue weighted by molar-refractivity contribution is -0.138. The predicted octanol–water partition coefficient (Wildman–Crippen LogP) is 4.04. The highest BCUT2D eigenvalue weighted by molar-refractivity contribution is 9.11. The Morgan fingerprint density at radius 3 is 2.87 bits per heavy atom. The van der Waals surface area contributed by atoms with Gasteiger partial charge in [-0.25, -0.2) is 4.79 Å². The fourth-order valence-corrected chi connectivity index (χ4v) is 4.77. The molecule has 0 spiro atoms. The summed E-state index contributed by atoms with van der Waals surface area (Å²) >= 11 is 5.03. The van der Waals surface area contributed by atoms with Crippen LogP contribution in [0.4, 0.5) is 0 Å². The highest BCUT2D eigenvalue weighted by Crippen LogP contribution is 2.45. The van der Waals surface area contributed by atoms with E-state index in [1.807, 2.05) is 19.1 Å². The Balaban J connectivity index is 2.14. The Kier molecular flexibility index (Phi) is 4.73.